The number of rotatable bonds is 8. The van der Waals surface area contributed by atoms with Crippen molar-refractivity contribution < 1.29 is 23.1 Å². The molecule has 148 valence electrons. The number of benzene rings is 2. The predicted molar refractivity (Wildman–Crippen MR) is 103 cm³/mol. The van der Waals surface area contributed by atoms with Gasteiger partial charge in [0.25, 0.3) is 0 Å². The molecule has 0 aromatic heterocycles. The number of likely N-dealkylation sites (N-methyl/N-ethyl adjacent to an activating group) is 1. The van der Waals surface area contributed by atoms with Gasteiger partial charge in [-0.2, -0.15) is 8.78 Å². The molecule has 0 heterocycles. The van der Waals surface area contributed by atoms with Gasteiger partial charge in [0.15, 0.2) is 0 Å². The summed E-state index contributed by atoms with van der Waals surface area (Å²) in [5, 5.41) is 2.67. The lowest BCUT2D eigenvalue weighted by Gasteiger charge is -2.21. The normalized spacial score (nSPS) is 12.0. The van der Waals surface area contributed by atoms with Gasteiger partial charge in [-0.1, -0.05) is 48.5 Å². The maximum atomic E-state index is 12.5. The Hall–Kier alpha value is -3.22. The van der Waals surface area contributed by atoms with E-state index in [9.17, 15) is 18.4 Å². The quantitative estimate of drug-likeness (QED) is 0.707. The van der Waals surface area contributed by atoms with Crippen LogP contribution < -0.4 is 10.1 Å². The number of nitrogens with zero attached hydrogens (tertiary/aromatic N) is 1. The third-order valence-corrected chi connectivity index (χ3v) is 3.89. The summed E-state index contributed by atoms with van der Waals surface area (Å²) in [5.74, 6) is -0.790. The number of hydrogen-bond donors (Lipinski definition) is 1. The van der Waals surface area contributed by atoms with Crippen molar-refractivity contribution in [3.05, 3.63) is 71.8 Å². The molecule has 2 amide bonds. The van der Waals surface area contributed by atoms with Crippen LogP contribution in [0.4, 0.5) is 8.78 Å². The van der Waals surface area contributed by atoms with Crippen LogP contribution in [0, 0.1) is 0 Å². The number of carbonyl (C=O) groups is 2. The van der Waals surface area contributed by atoms with Gasteiger partial charge in [-0.15, -0.1) is 0 Å². The van der Waals surface area contributed by atoms with Crippen molar-refractivity contribution in [1.82, 2.24) is 10.2 Å². The fourth-order valence-corrected chi connectivity index (χ4v) is 2.57. The summed E-state index contributed by atoms with van der Waals surface area (Å²) in [5.41, 5.74) is 1.24. The Balaban J connectivity index is 2.11. The van der Waals surface area contributed by atoms with Crippen LogP contribution in [0.3, 0.4) is 0 Å². The molecule has 28 heavy (non-hydrogen) atoms. The molecule has 2 aromatic rings. The number of hydrogen-bond acceptors (Lipinski definition) is 3. The molecule has 0 fully saturated rings. The summed E-state index contributed by atoms with van der Waals surface area (Å²) in [6.45, 7) is -2.96. The van der Waals surface area contributed by atoms with E-state index < -0.39 is 18.6 Å². The molecule has 0 aliphatic carbocycles. The molecule has 0 saturated heterocycles. The number of amides is 2. The summed E-state index contributed by atoms with van der Waals surface area (Å²) < 4.78 is 29.4. The van der Waals surface area contributed by atoms with Crippen LogP contribution in [0.15, 0.2) is 60.7 Å². The summed E-state index contributed by atoms with van der Waals surface area (Å²) >= 11 is 0. The maximum absolute atomic E-state index is 12.5. The highest BCUT2D eigenvalue weighted by atomic mass is 19.3. The van der Waals surface area contributed by atoms with Crippen molar-refractivity contribution in [3.63, 3.8) is 0 Å². The van der Waals surface area contributed by atoms with E-state index in [1.165, 1.54) is 23.1 Å². The van der Waals surface area contributed by atoms with Gasteiger partial charge in [-0.3, -0.25) is 9.59 Å². The standard InChI is InChI=1S/C21H22F2N2O3/c1-25(2)20(27)17(14-15-8-4-3-5-9-15)24-19(26)13-12-16-10-6-7-11-18(16)28-21(22)23/h3-13,17,21H,14H2,1-2H3,(H,24,26). The van der Waals surface area contributed by atoms with Crippen LogP contribution in [-0.2, 0) is 16.0 Å². The molecule has 0 saturated carbocycles. The molecule has 5 nitrogen and oxygen atoms in total. The Kier molecular flexibility index (Phi) is 7.68. The zero-order valence-corrected chi connectivity index (χ0v) is 15.6. The number of alkyl halides is 2. The van der Waals surface area contributed by atoms with Gasteiger partial charge >= 0.3 is 6.61 Å². The van der Waals surface area contributed by atoms with Crippen molar-refractivity contribution in [2.75, 3.05) is 14.1 Å². The number of ether oxygens (including phenoxy) is 1. The molecule has 0 radical (unpaired) electrons. The van der Waals surface area contributed by atoms with Gasteiger partial charge in [0.1, 0.15) is 11.8 Å². The minimum Gasteiger partial charge on any atom is -0.434 e. The molecule has 0 bridgehead atoms. The Bertz CT molecular complexity index is 823. The lowest BCUT2D eigenvalue weighted by molar-refractivity contribution is -0.133. The first-order valence-corrected chi connectivity index (χ1v) is 8.64. The van der Waals surface area contributed by atoms with Gasteiger partial charge < -0.3 is 15.0 Å². The maximum Gasteiger partial charge on any atom is 0.387 e. The molecular formula is C21H22F2N2O3. The zero-order valence-electron chi connectivity index (χ0n) is 15.6. The van der Waals surface area contributed by atoms with Crippen molar-refractivity contribution >= 4 is 17.9 Å². The first kappa shape index (κ1) is 21.1. The van der Waals surface area contributed by atoms with Crippen molar-refractivity contribution in [2.24, 2.45) is 0 Å². The molecule has 0 aliphatic rings. The minimum absolute atomic E-state index is 0.0354. The minimum atomic E-state index is -2.96. The highest BCUT2D eigenvalue weighted by Gasteiger charge is 2.22. The first-order chi connectivity index (χ1) is 13.4. The fraction of sp³-hybridized carbons (Fsp3) is 0.238. The van der Waals surface area contributed by atoms with E-state index in [4.69, 9.17) is 0 Å². The lowest BCUT2D eigenvalue weighted by Crippen LogP contribution is -2.47. The van der Waals surface area contributed by atoms with Gasteiger partial charge in [0, 0.05) is 32.2 Å². The van der Waals surface area contributed by atoms with Gasteiger partial charge in [0.2, 0.25) is 11.8 Å². The van der Waals surface area contributed by atoms with Crippen LogP contribution in [0.1, 0.15) is 11.1 Å². The molecule has 1 N–H and O–H groups in total. The fourth-order valence-electron chi connectivity index (χ4n) is 2.57. The number of halogens is 2. The molecule has 0 spiro atoms. The summed E-state index contributed by atoms with van der Waals surface area (Å²) in [7, 11) is 3.22. The van der Waals surface area contributed by atoms with E-state index in [1.54, 1.807) is 32.3 Å². The molecular weight excluding hydrogens is 366 g/mol. The van der Waals surface area contributed by atoms with Crippen molar-refractivity contribution in [3.8, 4) is 5.75 Å². The molecule has 1 unspecified atom stereocenters. The van der Waals surface area contributed by atoms with Gasteiger partial charge in [-0.25, -0.2) is 0 Å². The molecule has 1 atom stereocenters. The average Bonchev–Trinajstić information content (AvgIpc) is 2.66. The summed E-state index contributed by atoms with van der Waals surface area (Å²) in [4.78, 5) is 26.1. The van der Waals surface area contributed by atoms with Crippen LogP contribution in [0.25, 0.3) is 6.08 Å². The number of carbonyl (C=O) groups excluding carboxylic acids is 2. The van der Waals surface area contributed by atoms with E-state index >= 15 is 0 Å². The highest BCUT2D eigenvalue weighted by Crippen LogP contribution is 2.21. The predicted octanol–water partition coefficient (Wildman–Crippen LogP) is 3.12. The van der Waals surface area contributed by atoms with E-state index in [-0.39, 0.29) is 11.7 Å². The molecule has 2 rings (SSSR count). The monoisotopic (exact) mass is 388 g/mol. The Labute approximate surface area is 162 Å². The Morgan fingerprint density at radius 1 is 1.07 bits per heavy atom. The molecule has 2 aromatic carbocycles. The van der Waals surface area contributed by atoms with Crippen LogP contribution >= 0.6 is 0 Å². The molecule has 0 aliphatic heterocycles. The summed E-state index contributed by atoms with van der Waals surface area (Å²) in [6.07, 6.45) is 2.89. The van der Waals surface area contributed by atoms with E-state index in [2.05, 4.69) is 10.1 Å². The first-order valence-electron chi connectivity index (χ1n) is 8.64. The van der Waals surface area contributed by atoms with E-state index in [0.29, 0.717) is 12.0 Å². The third kappa shape index (κ3) is 6.50. The van der Waals surface area contributed by atoms with E-state index in [1.807, 2.05) is 30.3 Å². The second-order valence-corrected chi connectivity index (χ2v) is 6.23. The van der Waals surface area contributed by atoms with Crippen molar-refractivity contribution in [1.29, 1.82) is 0 Å². The zero-order chi connectivity index (χ0) is 20.5. The Morgan fingerprint density at radius 2 is 1.71 bits per heavy atom. The second kappa shape index (κ2) is 10.2. The lowest BCUT2D eigenvalue weighted by atomic mass is 10.0. The number of para-hydroxylation sites is 1. The van der Waals surface area contributed by atoms with Gasteiger partial charge in [-0.05, 0) is 17.7 Å². The third-order valence-electron chi connectivity index (χ3n) is 3.89. The Morgan fingerprint density at radius 3 is 2.36 bits per heavy atom. The average molecular weight is 388 g/mol. The van der Waals surface area contributed by atoms with Crippen LogP contribution in [0.2, 0.25) is 0 Å². The molecule has 7 heteroatoms. The number of nitrogens with one attached hydrogen (secondary N) is 1. The van der Waals surface area contributed by atoms with E-state index in [0.717, 1.165) is 5.56 Å². The topological polar surface area (TPSA) is 58.6 Å². The SMILES string of the molecule is CN(C)C(=O)C(Cc1ccccc1)NC(=O)C=Cc1ccccc1OC(F)F. The largest absolute Gasteiger partial charge is 0.434 e. The van der Waals surface area contributed by atoms with Crippen molar-refractivity contribution in [2.45, 2.75) is 19.1 Å². The van der Waals surface area contributed by atoms with Gasteiger partial charge in [0.05, 0.1) is 0 Å². The highest BCUT2D eigenvalue weighted by molar-refractivity contribution is 5.95. The van der Waals surface area contributed by atoms with Crippen LogP contribution in [-0.4, -0.2) is 43.5 Å². The second-order valence-electron chi connectivity index (χ2n) is 6.23. The summed E-state index contributed by atoms with van der Waals surface area (Å²) in [6, 6.07) is 14.7. The van der Waals surface area contributed by atoms with Crippen LogP contribution in [0.5, 0.6) is 5.75 Å². The smallest absolute Gasteiger partial charge is 0.387 e.